The van der Waals surface area contributed by atoms with Gasteiger partial charge in [-0.25, -0.2) is 9.37 Å². The molecule has 0 radical (unpaired) electrons. The summed E-state index contributed by atoms with van der Waals surface area (Å²) in [5.74, 6) is 0.135. The highest BCUT2D eigenvalue weighted by Crippen LogP contribution is 2.58. The first-order valence-corrected chi connectivity index (χ1v) is 7.73. The van der Waals surface area contributed by atoms with Gasteiger partial charge in [0.25, 0.3) is 0 Å². The zero-order valence-corrected chi connectivity index (χ0v) is 12.5. The lowest BCUT2D eigenvalue weighted by Gasteiger charge is -2.23. The fourth-order valence-corrected chi connectivity index (χ4v) is 3.69. The van der Waals surface area contributed by atoms with Gasteiger partial charge in [-0.15, -0.1) is 0 Å². The van der Waals surface area contributed by atoms with Crippen LogP contribution in [0.2, 0.25) is 0 Å². The Balaban J connectivity index is 1.55. The van der Waals surface area contributed by atoms with Crippen molar-refractivity contribution in [2.24, 2.45) is 18.4 Å². The zero-order chi connectivity index (χ0) is 15.3. The highest BCUT2D eigenvalue weighted by molar-refractivity contribution is 5.95. The number of hydrogen-bond acceptors (Lipinski definition) is 3. The van der Waals surface area contributed by atoms with Gasteiger partial charge < -0.3 is 9.88 Å². The predicted octanol–water partition coefficient (Wildman–Crippen LogP) is 2.04. The molecule has 2 aliphatic rings. The number of nitrogens with zero attached hydrogens (tertiary/aromatic N) is 2. The predicted molar refractivity (Wildman–Crippen MR) is 81.9 cm³/mol. The Morgan fingerprint density at radius 1 is 1.45 bits per heavy atom. The molecule has 1 saturated carbocycles. The molecule has 22 heavy (non-hydrogen) atoms. The molecular formula is C16H19FN4O. The molecule has 4 rings (SSSR count). The van der Waals surface area contributed by atoms with Crippen molar-refractivity contribution in [3.05, 3.63) is 24.0 Å². The standard InChI is InChI=1S/C16H19FN4O/c1-21-12-4-2-3-11(17)13(12)19-15(21)20-14(22)10-9-16(10)5-7-18-8-6-16/h2-4,10,18H,5-9H2,1H3,(H,19,20,22). The van der Waals surface area contributed by atoms with Crippen molar-refractivity contribution in [1.29, 1.82) is 0 Å². The summed E-state index contributed by atoms with van der Waals surface area (Å²) in [4.78, 5) is 16.7. The maximum absolute atomic E-state index is 13.8. The third kappa shape index (κ3) is 2.01. The molecule has 1 atom stereocenters. The second-order valence-electron chi connectivity index (χ2n) is 6.46. The first-order chi connectivity index (χ1) is 10.6. The molecular weight excluding hydrogens is 283 g/mol. The van der Waals surface area contributed by atoms with E-state index in [9.17, 15) is 9.18 Å². The van der Waals surface area contributed by atoms with Crippen LogP contribution in [0.1, 0.15) is 19.3 Å². The van der Waals surface area contributed by atoms with E-state index < -0.39 is 0 Å². The number of aromatic nitrogens is 2. The molecule has 1 saturated heterocycles. The van der Waals surface area contributed by atoms with Gasteiger partial charge in [-0.3, -0.25) is 10.1 Å². The monoisotopic (exact) mass is 302 g/mol. The molecule has 2 N–H and O–H groups in total. The van der Waals surface area contributed by atoms with Crippen LogP contribution in [0.3, 0.4) is 0 Å². The van der Waals surface area contributed by atoms with Crippen molar-refractivity contribution < 1.29 is 9.18 Å². The number of anilines is 1. The Morgan fingerprint density at radius 3 is 2.95 bits per heavy atom. The van der Waals surface area contributed by atoms with Crippen molar-refractivity contribution in [1.82, 2.24) is 14.9 Å². The molecule has 2 heterocycles. The van der Waals surface area contributed by atoms with Gasteiger partial charge in [0, 0.05) is 13.0 Å². The number of nitrogens with one attached hydrogen (secondary N) is 2. The number of rotatable bonds is 2. The minimum atomic E-state index is -0.366. The fraction of sp³-hybridized carbons (Fsp3) is 0.500. The maximum Gasteiger partial charge on any atom is 0.230 e. The summed E-state index contributed by atoms with van der Waals surface area (Å²) >= 11 is 0. The molecule has 6 heteroatoms. The van der Waals surface area contributed by atoms with Gasteiger partial charge in [-0.05, 0) is 49.9 Å². The third-order valence-corrected chi connectivity index (χ3v) is 5.20. The quantitative estimate of drug-likeness (QED) is 0.892. The van der Waals surface area contributed by atoms with E-state index in [1.54, 1.807) is 23.7 Å². The summed E-state index contributed by atoms with van der Waals surface area (Å²) in [6, 6.07) is 4.83. The minimum absolute atomic E-state index is 0.0146. The van der Waals surface area contributed by atoms with Gasteiger partial charge in [0.05, 0.1) is 5.52 Å². The molecule has 1 unspecified atom stereocenters. The van der Waals surface area contributed by atoms with E-state index >= 15 is 0 Å². The number of hydrogen-bond donors (Lipinski definition) is 2. The van der Waals surface area contributed by atoms with Crippen LogP contribution in [0, 0.1) is 17.2 Å². The van der Waals surface area contributed by atoms with E-state index in [0.717, 1.165) is 32.4 Å². The molecule has 1 amide bonds. The van der Waals surface area contributed by atoms with Crippen LogP contribution < -0.4 is 10.6 Å². The number of aryl methyl sites for hydroxylation is 1. The molecule has 0 bridgehead atoms. The molecule has 1 spiro atoms. The topological polar surface area (TPSA) is 59.0 Å². The molecule has 1 aromatic carbocycles. The average Bonchev–Trinajstić information content (AvgIpc) is 3.11. The number of benzene rings is 1. The van der Waals surface area contributed by atoms with Crippen molar-refractivity contribution in [3.63, 3.8) is 0 Å². The van der Waals surface area contributed by atoms with Gasteiger partial charge >= 0.3 is 0 Å². The van der Waals surface area contributed by atoms with Gasteiger partial charge in [0.15, 0.2) is 5.82 Å². The third-order valence-electron chi connectivity index (χ3n) is 5.20. The smallest absolute Gasteiger partial charge is 0.230 e. The van der Waals surface area contributed by atoms with Gasteiger partial charge in [0.1, 0.15) is 5.52 Å². The lowest BCUT2D eigenvalue weighted by Crippen LogP contribution is -2.31. The number of fused-ring (bicyclic) bond motifs is 1. The van der Waals surface area contributed by atoms with Gasteiger partial charge in [-0.1, -0.05) is 6.07 Å². The van der Waals surface area contributed by atoms with Crippen LogP contribution in [0.25, 0.3) is 11.0 Å². The maximum atomic E-state index is 13.8. The van der Waals surface area contributed by atoms with E-state index in [-0.39, 0.29) is 23.1 Å². The Hall–Kier alpha value is -1.95. The Labute approximate surface area is 127 Å². The second kappa shape index (κ2) is 4.78. The van der Waals surface area contributed by atoms with Crippen LogP contribution in [-0.2, 0) is 11.8 Å². The largest absolute Gasteiger partial charge is 0.317 e. The van der Waals surface area contributed by atoms with Crippen molar-refractivity contribution in [2.45, 2.75) is 19.3 Å². The van der Waals surface area contributed by atoms with Crippen LogP contribution in [0.4, 0.5) is 10.3 Å². The lowest BCUT2D eigenvalue weighted by atomic mass is 9.92. The normalized spacial score (nSPS) is 22.9. The van der Waals surface area contributed by atoms with Gasteiger partial charge in [0.2, 0.25) is 11.9 Å². The zero-order valence-electron chi connectivity index (χ0n) is 12.5. The number of halogens is 1. The van der Waals surface area contributed by atoms with E-state index in [2.05, 4.69) is 15.6 Å². The highest BCUT2D eigenvalue weighted by atomic mass is 19.1. The Bertz CT molecular complexity index is 748. The van der Waals surface area contributed by atoms with Crippen LogP contribution in [-0.4, -0.2) is 28.5 Å². The fourth-order valence-electron chi connectivity index (χ4n) is 3.69. The van der Waals surface area contributed by atoms with Crippen molar-refractivity contribution in [3.8, 4) is 0 Å². The molecule has 2 fully saturated rings. The second-order valence-corrected chi connectivity index (χ2v) is 6.46. The van der Waals surface area contributed by atoms with E-state index in [4.69, 9.17) is 0 Å². The SMILES string of the molecule is Cn1c(NC(=O)C2CC23CCNCC3)nc2c(F)cccc21. The average molecular weight is 302 g/mol. The summed E-state index contributed by atoms with van der Waals surface area (Å²) in [6.45, 7) is 1.97. The van der Waals surface area contributed by atoms with Crippen molar-refractivity contribution in [2.75, 3.05) is 18.4 Å². The summed E-state index contributed by atoms with van der Waals surface area (Å²) in [5.41, 5.74) is 1.17. The molecule has 2 aromatic rings. The number of piperidine rings is 1. The van der Waals surface area contributed by atoms with Crippen LogP contribution in [0.15, 0.2) is 18.2 Å². The minimum Gasteiger partial charge on any atom is -0.317 e. The molecule has 1 aromatic heterocycles. The number of para-hydroxylation sites is 1. The van der Waals surface area contributed by atoms with Gasteiger partial charge in [-0.2, -0.15) is 0 Å². The summed E-state index contributed by atoms with van der Waals surface area (Å²) in [6.07, 6.45) is 3.07. The van der Waals surface area contributed by atoms with E-state index in [1.807, 2.05) is 0 Å². The highest BCUT2D eigenvalue weighted by Gasteiger charge is 2.57. The van der Waals surface area contributed by atoms with Crippen LogP contribution >= 0.6 is 0 Å². The molecule has 116 valence electrons. The van der Waals surface area contributed by atoms with Crippen molar-refractivity contribution >= 4 is 22.9 Å². The molecule has 1 aliphatic carbocycles. The Kier molecular flexibility index (Phi) is 2.97. The Morgan fingerprint density at radius 2 is 2.23 bits per heavy atom. The first-order valence-electron chi connectivity index (χ1n) is 7.73. The van der Waals surface area contributed by atoms with E-state index in [0.29, 0.717) is 17.0 Å². The number of carbonyl (C=O) groups is 1. The first kappa shape index (κ1) is 13.7. The lowest BCUT2D eigenvalue weighted by molar-refractivity contribution is -0.118. The number of imidazole rings is 1. The summed E-state index contributed by atoms with van der Waals surface area (Å²) in [5, 5.41) is 6.22. The summed E-state index contributed by atoms with van der Waals surface area (Å²) in [7, 11) is 1.79. The molecule has 5 nitrogen and oxygen atoms in total. The summed E-state index contributed by atoms with van der Waals surface area (Å²) < 4.78 is 15.5. The molecule has 1 aliphatic heterocycles. The van der Waals surface area contributed by atoms with E-state index in [1.165, 1.54) is 6.07 Å². The number of amides is 1. The number of carbonyl (C=O) groups excluding carboxylic acids is 1. The van der Waals surface area contributed by atoms with Crippen LogP contribution in [0.5, 0.6) is 0 Å².